The summed E-state index contributed by atoms with van der Waals surface area (Å²) in [7, 11) is 0. The molecule has 1 aliphatic heterocycles. The summed E-state index contributed by atoms with van der Waals surface area (Å²) in [4.78, 5) is 12.0. The van der Waals surface area contributed by atoms with E-state index in [1.807, 2.05) is 19.1 Å². The Morgan fingerprint density at radius 2 is 2.00 bits per heavy atom. The molecule has 3 rings (SSSR count). The zero-order chi connectivity index (χ0) is 11.9. The quantitative estimate of drug-likeness (QED) is 0.719. The van der Waals surface area contributed by atoms with Crippen molar-refractivity contribution in [3.8, 4) is 0 Å². The molecule has 2 N–H and O–H groups in total. The molecule has 0 bridgehead atoms. The van der Waals surface area contributed by atoms with Crippen LogP contribution in [0.1, 0.15) is 37.7 Å². The number of rotatable bonds is 0. The van der Waals surface area contributed by atoms with Crippen molar-refractivity contribution >= 4 is 17.3 Å². The van der Waals surface area contributed by atoms with E-state index in [2.05, 4.69) is 16.7 Å². The fourth-order valence-corrected chi connectivity index (χ4v) is 3.11. The lowest BCUT2D eigenvalue weighted by atomic mass is 9.93. The molecule has 3 nitrogen and oxygen atoms in total. The van der Waals surface area contributed by atoms with Crippen LogP contribution in [0, 0.1) is 6.92 Å². The average molecular weight is 230 g/mol. The Morgan fingerprint density at radius 1 is 1.24 bits per heavy atom. The molecule has 2 aliphatic rings. The number of anilines is 2. The maximum atomic E-state index is 12.0. The number of aryl methyl sites for hydroxylation is 1. The summed E-state index contributed by atoms with van der Waals surface area (Å²) in [6, 6.07) is 6.14. The van der Waals surface area contributed by atoms with Crippen LogP contribution in [0.2, 0.25) is 0 Å². The van der Waals surface area contributed by atoms with Crippen molar-refractivity contribution in [1.29, 1.82) is 0 Å². The smallest absolute Gasteiger partial charge is 0.226 e. The number of para-hydroxylation sites is 1. The van der Waals surface area contributed by atoms with E-state index in [0.29, 0.717) is 6.42 Å². The molecule has 1 aromatic rings. The molecule has 1 aliphatic carbocycles. The van der Waals surface area contributed by atoms with Gasteiger partial charge in [-0.1, -0.05) is 25.0 Å². The molecular weight excluding hydrogens is 212 g/mol. The Hall–Kier alpha value is -1.51. The van der Waals surface area contributed by atoms with Gasteiger partial charge in [0, 0.05) is 12.0 Å². The highest BCUT2D eigenvalue weighted by atomic mass is 16.1. The summed E-state index contributed by atoms with van der Waals surface area (Å²) in [5.74, 6) is 0.146. The molecule has 0 atom stereocenters. The van der Waals surface area contributed by atoms with Crippen molar-refractivity contribution < 1.29 is 4.79 Å². The van der Waals surface area contributed by atoms with Gasteiger partial charge in [-0.2, -0.15) is 0 Å². The minimum absolute atomic E-state index is 0.00310. The number of nitrogens with one attached hydrogen (secondary N) is 2. The van der Waals surface area contributed by atoms with E-state index in [0.717, 1.165) is 29.8 Å². The van der Waals surface area contributed by atoms with Gasteiger partial charge in [0.05, 0.1) is 11.4 Å². The monoisotopic (exact) mass is 230 g/mol. The van der Waals surface area contributed by atoms with Gasteiger partial charge in [0.25, 0.3) is 0 Å². The average Bonchev–Trinajstić information content (AvgIpc) is 2.65. The summed E-state index contributed by atoms with van der Waals surface area (Å²) in [5.41, 5.74) is 3.17. The normalized spacial score (nSPS) is 21.6. The summed E-state index contributed by atoms with van der Waals surface area (Å²) in [5, 5.41) is 6.66. The first-order chi connectivity index (χ1) is 8.19. The van der Waals surface area contributed by atoms with Crippen LogP contribution < -0.4 is 10.6 Å². The van der Waals surface area contributed by atoms with Gasteiger partial charge >= 0.3 is 0 Å². The lowest BCUT2D eigenvalue weighted by molar-refractivity contribution is -0.117. The molecule has 1 heterocycles. The molecule has 0 saturated heterocycles. The van der Waals surface area contributed by atoms with Crippen molar-refractivity contribution in [2.24, 2.45) is 0 Å². The minimum atomic E-state index is 0.00310. The van der Waals surface area contributed by atoms with Crippen LogP contribution >= 0.6 is 0 Å². The predicted octanol–water partition coefficient (Wildman–Crippen LogP) is 3.06. The largest absolute Gasteiger partial charge is 0.377 e. The van der Waals surface area contributed by atoms with Gasteiger partial charge in [0.1, 0.15) is 0 Å². The van der Waals surface area contributed by atoms with Gasteiger partial charge < -0.3 is 10.6 Å². The number of benzene rings is 1. The van der Waals surface area contributed by atoms with E-state index >= 15 is 0 Å². The van der Waals surface area contributed by atoms with Gasteiger partial charge in [-0.05, 0) is 31.4 Å². The van der Waals surface area contributed by atoms with E-state index < -0.39 is 0 Å². The van der Waals surface area contributed by atoms with Gasteiger partial charge in [0.2, 0.25) is 5.91 Å². The van der Waals surface area contributed by atoms with Crippen LogP contribution in [0.15, 0.2) is 18.2 Å². The zero-order valence-electron chi connectivity index (χ0n) is 10.2. The molecule has 0 aromatic heterocycles. The van der Waals surface area contributed by atoms with Crippen molar-refractivity contribution in [2.75, 3.05) is 10.6 Å². The highest BCUT2D eigenvalue weighted by molar-refractivity contribution is 5.98. The highest BCUT2D eigenvalue weighted by Crippen LogP contribution is 2.40. The van der Waals surface area contributed by atoms with Crippen molar-refractivity contribution in [2.45, 2.75) is 44.6 Å². The fourth-order valence-electron chi connectivity index (χ4n) is 3.11. The van der Waals surface area contributed by atoms with Gasteiger partial charge in [-0.3, -0.25) is 4.79 Å². The van der Waals surface area contributed by atoms with E-state index in [4.69, 9.17) is 0 Å². The number of hydrogen-bond donors (Lipinski definition) is 2. The lowest BCUT2D eigenvalue weighted by Gasteiger charge is -2.28. The maximum Gasteiger partial charge on any atom is 0.226 e. The molecule has 3 heteroatoms. The van der Waals surface area contributed by atoms with Crippen LogP contribution in [-0.2, 0) is 4.79 Å². The second-order valence-corrected chi connectivity index (χ2v) is 5.33. The fraction of sp³-hybridized carbons (Fsp3) is 0.500. The number of amides is 1. The van der Waals surface area contributed by atoms with Gasteiger partial charge in [-0.25, -0.2) is 0 Å². The number of fused-ring (bicyclic) bond motifs is 1. The van der Waals surface area contributed by atoms with E-state index in [1.165, 1.54) is 12.8 Å². The SMILES string of the molecule is Cc1cccc2c1NC(=O)CC1(CCCC1)N2. The molecule has 90 valence electrons. The first-order valence-corrected chi connectivity index (χ1v) is 6.36. The Labute approximate surface area is 102 Å². The van der Waals surface area contributed by atoms with Crippen LogP contribution in [0.25, 0.3) is 0 Å². The molecule has 17 heavy (non-hydrogen) atoms. The highest BCUT2D eigenvalue weighted by Gasteiger charge is 2.38. The van der Waals surface area contributed by atoms with Crippen LogP contribution in [0.5, 0.6) is 0 Å². The standard InChI is InChI=1S/C14H18N2O/c1-10-5-4-6-11-13(10)15-12(17)9-14(16-11)7-2-3-8-14/h4-6,16H,2-3,7-9H2,1H3,(H,15,17). The number of carbonyl (C=O) groups excluding carboxylic acids is 1. The second kappa shape index (κ2) is 3.76. The summed E-state index contributed by atoms with van der Waals surface area (Å²) >= 11 is 0. The number of hydrogen-bond acceptors (Lipinski definition) is 2. The third kappa shape index (κ3) is 1.79. The minimum Gasteiger partial charge on any atom is -0.377 e. The first-order valence-electron chi connectivity index (χ1n) is 6.36. The van der Waals surface area contributed by atoms with E-state index in [1.54, 1.807) is 0 Å². The third-order valence-electron chi connectivity index (χ3n) is 4.00. The molecule has 1 saturated carbocycles. The number of carbonyl (C=O) groups is 1. The molecule has 0 radical (unpaired) electrons. The summed E-state index contributed by atoms with van der Waals surface area (Å²) in [6.45, 7) is 2.04. The summed E-state index contributed by atoms with van der Waals surface area (Å²) < 4.78 is 0. The van der Waals surface area contributed by atoms with Crippen molar-refractivity contribution in [3.05, 3.63) is 23.8 Å². The van der Waals surface area contributed by atoms with Crippen LogP contribution in [0.4, 0.5) is 11.4 Å². The lowest BCUT2D eigenvalue weighted by Crippen LogP contribution is -2.36. The topological polar surface area (TPSA) is 41.1 Å². The molecule has 1 spiro atoms. The van der Waals surface area contributed by atoms with E-state index in [-0.39, 0.29) is 11.4 Å². The predicted molar refractivity (Wildman–Crippen MR) is 69.2 cm³/mol. The maximum absolute atomic E-state index is 12.0. The first kappa shape index (κ1) is 10.6. The van der Waals surface area contributed by atoms with Gasteiger partial charge in [0.15, 0.2) is 0 Å². The zero-order valence-corrected chi connectivity index (χ0v) is 10.2. The molecule has 1 fully saturated rings. The Bertz CT molecular complexity index is 461. The Kier molecular flexibility index (Phi) is 2.35. The van der Waals surface area contributed by atoms with Gasteiger partial charge in [-0.15, -0.1) is 0 Å². The molecule has 1 amide bonds. The summed E-state index contributed by atoms with van der Waals surface area (Å²) in [6.07, 6.45) is 5.26. The Morgan fingerprint density at radius 3 is 2.76 bits per heavy atom. The second-order valence-electron chi connectivity index (χ2n) is 5.33. The third-order valence-corrected chi connectivity index (χ3v) is 4.00. The van der Waals surface area contributed by atoms with Crippen molar-refractivity contribution in [3.63, 3.8) is 0 Å². The van der Waals surface area contributed by atoms with Crippen molar-refractivity contribution in [1.82, 2.24) is 0 Å². The van der Waals surface area contributed by atoms with E-state index in [9.17, 15) is 4.79 Å². The molecule has 0 unspecified atom stereocenters. The molecular formula is C14H18N2O. The molecule has 1 aromatic carbocycles. The van der Waals surface area contributed by atoms with Crippen LogP contribution in [-0.4, -0.2) is 11.4 Å². The van der Waals surface area contributed by atoms with Crippen LogP contribution in [0.3, 0.4) is 0 Å². The Balaban J connectivity index is 2.04.